The Hall–Kier alpha value is -2.55. The molecule has 0 fully saturated rings. The van der Waals surface area contributed by atoms with Gasteiger partial charge in [0, 0.05) is 10.7 Å². The average molecular weight is 447 g/mol. The highest BCUT2D eigenvalue weighted by atomic mass is 35.5. The van der Waals surface area contributed by atoms with E-state index in [9.17, 15) is 22.4 Å². The molecule has 4 N–H and O–H groups in total. The highest BCUT2D eigenvalue weighted by molar-refractivity contribution is 6.31. The summed E-state index contributed by atoms with van der Waals surface area (Å²) in [5.41, 5.74) is 6.88. The van der Waals surface area contributed by atoms with Crippen LogP contribution < -0.4 is 16.4 Å². The molecule has 2 rings (SSSR count). The van der Waals surface area contributed by atoms with E-state index in [1.807, 2.05) is 0 Å². The lowest BCUT2D eigenvalue weighted by molar-refractivity contribution is -0.137. The number of hydrogen-bond donors (Lipinski definition) is 3. The van der Waals surface area contributed by atoms with Crippen LogP contribution in [0.3, 0.4) is 0 Å². The van der Waals surface area contributed by atoms with Crippen LogP contribution in [0.4, 0.5) is 17.6 Å². The van der Waals surface area contributed by atoms with E-state index >= 15 is 0 Å². The van der Waals surface area contributed by atoms with Crippen LogP contribution in [0.2, 0.25) is 5.02 Å². The van der Waals surface area contributed by atoms with Gasteiger partial charge in [0.1, 0.15) is 12.0 Å². The van der Waals surface area contributed by atoms with Crippen molar-refractivity contribution in [1.82, 2.24) is 10.6 Å². The second-order valence-corrected chi connectivity index (χ2v) is 7.36. The van der Waals surface area contributed by atoms with Gasteiger partial charge in [-0.2, -0.15) is 13.2 Å². The number of benzene rings is 1. The summed E-state index contributed by atoms with van der Waals surface area (Å²) in [6.45, 7) is 3.25. The number of aliphatic imine (C=N–C) groups is 1. The van der Waals surface area contributed by atoms with E-state index in [-0.39, 0.29) is 30.1 Å². The molecule has 1 amide bonds. The van der Waals surface area contributed by atoms with Gasteiger partial charge < -0.3 is 16.4 Å². The summed E-state index contributed by atoms with van der Waals surface area (Å²) in [7, 11) is 0. The minimum absolute atomic E-state index is 0.0422. The number of carbonyl (C=O) groups excluding carboxylic acids is 1. The van der Waals surface area contributed by atoms with Gasteiger partial charge in [0.2, 0.25) is 6.41 Å². The monoisotopic (exact) mass is 446 g/mol. The Labute approximate surface area is 177 Å². The van der Waals surface area contributed by atoms with Gasteiger partial charge in [0.25, 0.3) is 0 Å². The van der Waals surface area contributed by atoms with E-state index in [1.54, 1.807) is 13.8 Å². The van der Waals surface area contributed by atoms with Crippen LogP contribution in [0.25, 0.3) is 0 Å². The highest BCUT2D eigenvalue weighted by Crippen LogP contribution is 2.32. The summed E-state index contributed by atoms with van der Waals surface area (Å²) in [5.74, 6) is 0.382. The molecular formula is C20H23ClF4N4O. The fourth-order valence-electron chi connectivity index (χ4n) is 2.84. The molecule has 30 heavy (non-hydrogen) atoms. The molecular weight excluding hydrogens is 424 g/mol. The first-order valence-corrected chi connectivity index (χ1v) is 9.58. The number of nitrogens with one attached hydrogen (secondary N) is 2. The molecule has 1 aliphatic rings. The van der Waals surface area contributed by atoms with Crippen molar-refractivity contribution < 1.29 is 22.4 Å². The van der Waals surface area contributed by atoms with Gasteiger partial charge in [-0.05, 0) is 62.1 Å². The van der Waals surface area contributed by atoms with E-state index in [1.165, 1.54) is 12.1 Å². The van der Waals surface area contributed by atoms with Gasteiger partial charge in [0.15, 0.2) is 0 Å². The maximum atomic E-state index is 13.6. The number of amides is 1. The van der Waals surface area contributed by atoms with E-state index in [4.69, 9.17) is 17.3 Å². The zero-order valence-electron chi connectivity index (χ0n) is 16.5. The SMILES string of the molecule is CC1=CC(N/C(CCc2cc(C(F)(F)F)ccc2Cl)=C(\N)C(C)NC=O)=NCC1F. The number of halogens is 5. The van der Waals surface area contributed by atoms with Crippen LogP contribution in [0.5, 0.6) is 0 Å². The molecule has 10 heteroatoms. The molecule has 1 aromatic rings. The van der Waals surface area contributed by atoms with Crippen molar-refractivity contribution in [3.63, 3.8) is 0 Å². The molecule has 0 spiro atoms. The van der Waals surface area contributed by atoms with Crippen LogP contribution in [-0.2, 0) is 17.4 Å². The van der Waals surface area contributed by atoms with E-state index < -0.39 is 24.0 Å². The topological polar surface area (TPSA) is 79.5 Å². The number of rotatable bonds is 7. The number of nitrogens with two attached hydrogens (primary N) is 1. The van der Waals surface area contributed by atoms with E-state index in [2.05, 4.69) is 15.6 Å². The lowest BCUT2D eigenvalue weighted by Gasteiger charge is -2.21. The molecule has 1 aromatic carbocycles. The molecule has 0 bridgehead atoms. The molecule has 1 aliphatic heterocycles. The van der Waals surface area contributed by atoms with Gasteiger partial charge in [0.05, 0.1) is 23.8 Å². The summed E-state index contributed by atoms with van der Waals surface area (Å²) in [5, 5.41) is 5.74. The first kappa shape index (κ1) is 23.7. The quantitative estimate of drug-likeness (QED) is 0.439. The van der Waals surface area contributed by atoms with E-state index in [0.717, 1.165) is 12.1 Å². The predicted molar refractivity (Wildman–Crippen MR) is 109 cm³/mol. The number of alkyl halides is 4. The minimum atomic E-state index is -4.49. The van der Waals surface area contributed by atoms with Gasteiger partial charge >= 0.3 is 6.18 Å². The number of amidine groups is 1. The first-order chi connectivity index (χ1) is 14.0. The Morgan fingerprint density at radius 3 is 2.73 bits per heavy atom. The summed E-state index contributed by atoms with van der Waals surface area (Å²) >= 11 is 6.08. The van der Waals surface area contributed by atoms with Crippen molar-refractivity contribution in [2.75, 3.05) is 6.54 Å². The number of hydrogen-bond acceptors (Lipinski definition) is 4. The summed E-state index contributed by atoms with van der Waals surface area (Å²) in [6, 6.07) is 2.59. The van der Waals surface area contributed by atoms with Crippen molar-refractivity contribution in [2.45, 2.75) is 45.1 Å². The molecule has 2 unspecified atom stereocenters. The zero-order chi connectivity index (χ0) is 22.5. The Balaban J connectivity index is 2.28. The van der Waals surface area contributed by atoms with Crippen molar-refractivity contribution in [1.29, 1.82) is 0 Å². The third kappa shape index (κ3) is 6.22. The molecule has 0 aromatic heterocycles. The lowest BCUT2D eigenvalue weighted by atomic mass is 10.0. The van der Waals surface area contributed by atoms with Crippen molar-refractivity contribution in [3.05, 3.63) is 57.4 Å². The summed E-state index contributed by atoms with van der Waals surface area (Å²) in [4.78, 5) is 14.9. The number of aryl methyl sites for hydroxylation is 1. The molecule has 0 saturated carbocycles. The van der Waals surface area contributed by atoms with Crippen LogP contribution in [0.1, 0.15) is 31.4 Å². The molecule has 164 valence electrons. The normalized spacial score (nSPS) is 18.7. The maximum absolute atomic E-state index is 13.6. The average Bonchev–Trinajstić information content (AvgIpc) is 2.67. The standard InChI is InChI=1S/C20H23ClF4N4O/c1-11-7-18(27-9-16(11)22)29-17(19(26)12(2)28-10-30)6-3-13-8-14(20(23,24)25)4-5-15(13)21/h4-5,7-8,10,12,16H,3,6,9,26H2,1-2H3,(H,27,29)(H,28,30)/b19-17-. The summed E-state index contributed by atoms with van der Waals surface area (Å²) < 4.78 is 52.7. The van der Waals surface area contributed by atoms with Crippen molar-refractivity contribution >= 4 is 23.8 Å². The molecule has 0 radical (unpaired) electrons. The Morgan fingerprint density at radius 1 is 1.43 bits per heavy atom. The molecule has 0 aliphatic carbocycles. The Bertz CT molecular complexity index is 880. The number of nitrogens with zero attached hydrogens (tertiary/aromatic N) is 1. The van der Waals surface area contributed by atoms with E-state index in [0.29, 0.717) is 29.1 Å². The first-order valence-electron chi connectivity index (χ1n) is 9.20. The predicted octanol–water partition coefficient (Wildman–Crippen LogP) is 3.88. The maximum Gasteiger partial charge on any atom is 0.416 e. The third-order valence-electron chi connectivity index (χ3n) is 4.71. The molecule has 2 atom stereocenters. The molecule has 0 saturated heterocycles. The second-order valence-electron chi connectivity index (χ2n) is 6.95. The highest BCUT2D eigenvalue weighted by Gasteiger charge is 2.31. The number of dihydropyridines is 1. The van der Waals surface area contributed by atoms with Crippen molar-refractivity contribution in [3.8, 4) is 0 Å². The Kier molecular flexibility index (Phi) is 7.89. The van der Waals surface area contributed by atoms with Crippen LogP contribution in [-0.4, -0.2) is 31.0 Å². The van der Waals surface area contributed by atoms with Gasteiger partial charge in [-0.15, -0.1) is 0 Å². The molecule has 1 heterocycles. The fraction of sp³-hybridized carbons (Fsp3) is 0.400. The summed E-state index contributed by atoms with van der Waals surface area (Å²) in [6.07, 6.45) is -3.27. The Morgan fingerprint density at radius 2 is 2.13 bits per heavy atom. The smallest absolute Gasteiger partial charge is 0.399 e. The minimum Gasteiger partial charge on any atom is -0.399 e. The van der Waals surface area contributed by atoms with Gasteiger partial charge in [-0.25, -0.2) is 4.39 Å². The fourth-order valence-corrected chi connectivity index (χ4v) is 3.05. The zero-order valence-corrected chi connectivity index (χ0v) is 17.2. The van der Waals surface area contributed by atoms with Crippen LogP contribution in [0.15, 0.2) is 46.2 Å². The number of carbonyl (C=O) groups is 1. The number of allylic oxidation sites excluding steroid dienone is 1. The van der Waals surface area contributed by atoms with Crippen molar-refractivity contribution in [2.24, 2.45) is 10.7 Å². The van der Waals surface area contributed by atoms with Crippen LogP contribution in [0, 0.1) is 0 Å². The van der Waals surface area contributed by atoms with Gasteiger partial charge in [-0.1, -0.05) is 11.6 Å². The lowest BCUT2D eigenvalue weighted by Crippen LogP contribution is -2.36. The van der Waals surface area contributed by atoms with Gasteiger partial charge in [-0.3, -0.25) is 9.79 Å². The third-order valence-corrected chi connectivity index (χ3v) is 5.08. The van der Waals surface area contributed by atoms with Crippen LogP contribution >= 0.6 is 11.6 Å². The molecule has 5 nitrogen and oxygen atoms in total. The second kappa shape index (κ2) is 9.97. The largest absolute Gasteiger partial charge is 0.416 e.